The molecule has 4 rings (SSSR count). The summed E-state index contributed by atoms with van der Waals surface area (Å²) >= 11 is 0. The summed E-state index contributed by atoms with van der Waals surface area (Å²) in [5, 5.41) is 10.3. The van der Waals surface area contributed by atoms with Crippen molar-refractivity contribution in [3.8, 4) is 0 Å². The molecule has 0 aliphatic carbocycles. The topological polar surface area (TPSA) is 106 Å². The van der Waals surface area contributed by atoms with Gasteiger partial charge in [-0.05, 0) is 31.4 Å². The van der Waals surface area contributed by atoms with E-state index in [1.165, 1.54) is 4.31 Å². The van der Waals surface area contributed by atoms with Crippen LogP contribution in [-0.4, -0.2) is 99.1 Å². The smallest absolute Gasteiger partial charge is 0.243 e. The van der Waals surface area contributed by atoms with Gasteiger partial charge in [-0.1, -0.05) is 18.2 Å². The zero-order chi connectivity index (χ0) is 22.7. The first-order valence-corrected chi connectivity index (χ1v) is 12.6. The van der Waals surface area contributed by atoms with Crippen molar-refractivity contribution in [2.75, 3.05) is 46.1 Å². The van der Waals surface area contributed by atoms with Crippen molar-refractivity contribution in [3.05, 3.63) is 29.8 Å². The van der Waals surface area contributed by atoms with Crippen LogP contribution in [0.1, 0.15) is 24.8 Å². The minimum absolute atomic E-state index is 0.0309. The first-order chi connectivity index (χ1) is 15.4. The Hall–Kier alpha value is -1.56. The molecule has 0 saturated carbocycles. The van der Waals surface area contributed by atoms with E-state index in [1.807, 2.05) is 0 Å². The fourth-order valence-corrected chi connectivity index (χ4v) is 6.62. The van der Waals surface area contributed by atoms with E-state index in [4.69, 9.17) is 14.2 Å². The second-order valence-corrected chi connectivity index (χ2v) is 10.5. The minimum atomic E-state index is -3.84. The fraction of sp³-hybridized carbons (Fsp3) is 0.682. The van der Waals surface area contributed by atoms with E-state index in [9.17, 15) is 18.3 Å². The van der Waals surface area contributed by atoms with E-state index < -0.39 is 28.3 Å². The zero-order valence-corrected chi connectivity index (χ0v) is 19.2. The Morgan fingerprint density at radius 3 is 2.62 bits per heavy atom. The van der Waals surface area contributed by atoms with Gasteiger partial charge in [0.05, 0.1) is 62.1 Å². The third-order valence-corrected chi connectivity index (χ3v) is 8.43. The molecule has 3 aliphatic rings. The molecule has 1 aromatic carbocycles. The first kappa shape index (κ1) is 23.6. The number of amides is 1. The Morgan fingerprint density at radius 2 is 1.88 bits per heavy atom. The lowest BCUT2D eigenvalue weighted by molar-refractivity contribution is -0.153. The van der Waals surface area contributed by atoms with Crippen molar-refractivity contribution in [1.29, 1.82) is 0 Å². The van der Waals surface area contributed by atoms with Crippen LogP contribution < -0.4 is 0 Å². The number of benzene rings is 1. The Bertz CT molecular complexity index is 903. The first-order valence-electron chi connectivity index (χ1n) is 11.2. The van der Waals surface area contributed by atoms with Crippen LogP contribution in [0.25, 0.3) is 0 Å². The molecule has 3 fully saturated rings. The monoisotopic (exact) mass is 468 g/mol. The quantitative estimate of drug-likeness (QED) is 0.688. The number of aliphatic hydroxyl groups is 1. The van der Waals surface area contributed by atoms with Crippen LogP contribution in [0.4, 0.5) is 0 Å². The lowest BCUT2D eigenvalue weighted by atomic mass is 9.96. The number of β-amino-alcohol motifs (C(OH)–C–C–N with tert-alkyl or cyclic N) is 1. The van der Waals surface area contributed by atoms with Crippen molar-refractivity contribution in [3.63, 3.8) is 0 Å². The molecule has 3 saturated heterocycles. The van der Waals surface area contributed by atoms with Crippen LogP contribution in [0, 0.1) is 6.92 Å². The summed E-state index contributed by atoms with van der Waals surface area (Å²) in [5.74, 6) is 0.0309. The highest BCUT2D eigenvalue weighted by molar-refractivity contribution is 7.89. The fourth-order valence-electron chi connectivity index (χ4n) is 4.68. The molecule has 1 N–H and O–H groups in total. The predicted octanol–water partition coefficient (Wildman–Crippen LogP) is 0.542. The number of ether oxygens (including phenoxy) is 3. The molecule has 32 heavy (non-hydrogen) atoms. The van der Waals surface area contributed by atoms with Crippen molar-refractivity contribution < 1.29 is 32.5 Å². The van der Waals surface area contributed by atoms with Gasteiger partial charge < -0.3 is 24.2 Å². The van der Waals surface area contributed by atoms with Gasteiger partial charge in [-0.15, -0.1) is 0 Å². The summed E-state index contributed by atoms with van der Waals surface area (Å²) in [5.41, 5.74) is 0.655. The van der Waals surface area contributed by atoms with Gasteiger partial charge in [0.2, 0.25) is 15.9 Å². The highest BCUT2D eigenvalue weighted by atomic mass is 32.2. The van der Waals surface area contributed by atoms with Gasteiger partial charge in [0.1, 0.15) is 0 Å². The highest BCUT2D eigenvalue weighted by Gasteiger charge is 2.43. The second-order valence-electron chi connectivity index (χ2n) is 8.67. The maximum Gasteiger partial charge on any atom is 0.243 e. The van der Waals surface area contributed by atoms with Crippen molar-refractivity contribution >= 4 is 15.9 Å². The normalized spacial score (nSPS) is 30.2. The second kappa shape index (κ2) is 10.1. The molecule has 0 spiro atoms. The number of carbonyl (C=O) groups is 1. The zero-order valence-electron chi connectivity index (χ0n) is 18.4. The summed E-state index contributed by atoms with van der Waals surface area (Å²) in [4.78, 5) is 14.7. The highest BCUT2D eigenvalue weighted by Crippen LogP contribution is 2.32. The molecule has 0 bridgehead atoms. The number of hydrogen-bond donors (Lipinski definition) is 1. The molecule has 0 radical (unpaired) electrons. The van der Waals surface area contributed by atoms with Gasteiger partial charge in [-0.3, -0.25) is 4.79 Å². The van der Waals surface area contributed by atoms with Crippen LogP contribution in [0.2, 0.25) is 0 Å². The lowest BCUT2D eigenvalue weighted by Crippen LogP contribution is -2.57. The number of sulfonamides is 1. The van der Waals surface area contributed by atoms with E-state index in [-0.39, 0.29) is 43.1 Å². The molecular formula is C22H32N2O7S. The van der Waals surface area contributed by atoms with Crippen LogP contribution in [0.15, 0.2) is 29.2 Å². The number of carbonyl (C=O) groups excluding carboxylic acids is 1. The standard InChI is InChI=1S/C22H32N2O7S/c1-16-4-2-3-5-21(16)32(27,28)24-13-17(25)14-30-15-20-19(24)7-6-18(31-20)12-22(26)23-8-10-29-11-9-23/h2-5,17-20,25H,6-15H2,1H3/t17-,18+,19-,20+/m0/s1. The molecule has 0 unspecified atom stereocenters. The summed E-state index contributed by atoms with van der Waals surface area (Å²) in [6.07, 6.45) is -0.355. The number of fused-ring (bicyclic) bond motifs is 1. The van der Waals surface area contributed by atoms with Crippen molar-refractivity contribution in [2.45, 2.75) is 55.4 Å². The largest absolute Gasteiger partial charge is 0.389 e. The van der Waals surface area contributed by atoms with Crippen LogP contribution in [-0.2, 0) is 29.0 Å². The molecule has 4 atom stereocenters. The molecule has 3 heterocycles. The number of aliphatic hydroxyl groups excluding tert-OH is 1. The average Bonchev–Trinajstić information content (AvgIpc) is 2.77. The molecule has 178 valence electrons. The van der Waals surface area contributed by atoms with Crippen LogP contribution >= 0.6 is 0 Å². The molecular weight excluding hydrogens is 436 g/mol. The molecule has 9 nitrogen and oxygen atoms in total. The van der Waals surface area contributed by atoms with Gasteiger partial charge >= 0.3 is 0 Å². The summed E-state index contributed by atoms with van der Waals surface area (Å²) in [6.45, 7) is 4.17. The maximum absolute atomic E-state index is 13.6. The summed E-state index contributed by atoms with van der Waals surface area (Å²) < 4.78 is 45.7. The van der Waals surface area contributed by atoms with Gasteiger partial charge in [0, 0.05) is 19.6 Å². The third-order valence-electron chi connectivity index (χ3n) is 6.38. The molecule has 3 aliphatic heterocycles. The molecule has 0 aromatic heterocycles. The number of morpholine rings is 1. The van der Waals surface area contributed by atoms with Crippen molar-refractivity contribution in [1.82, 2.24) is 9.21 Å². The van der Waals surface area contributed by atoms with Gasteiger partial charge in [0.25, 0.3) is 0 Å². The van der Waals surface area contributed by atoms with Crippen LogP contribution in [0.3, 0.4) is 0 Å². The van der Waals surface area contributed by atoms with Gasteiger partial charge in [-0.2, -0.15) is 4.31 Å². The number of aryl methyl sites for hydroxylation is 1. The SMILES string of the molecule is Cc1ccccc1S(=O)(=O)N1C[C@H](O)COC[C@H]2O[C@@H](CC(=O)N3CCOCC3)CC[C@@H]21. The Labute approximate surface area is 189 Å². The summed E-state index contributed by atoms with van der Waals surface area (Å²) in [6, 6.07) is 6.39. The van der Waals surface area contributed by atoms with E-state index in [2.05, 4.69) is 0 Å². The van der Waals surface area contributed by atoms with Crippen molar-refractivity contribution in [2.24, 2.45) is 0 Å². The van der Waals surface area contributed by atoms with E-state index >= 15 is 0 Å². The number of rotatable bonds is 4. The van der Waals surface area contributed by atoms with Crippen LogP contribution in [0.5, 0.6) is 0 Å². The lowest BCUT2D eigenvalue weighted by Gasteiger charge is -2.44. The molecule has 1 aromatic rings. The number of hydrogen-bond acceptors (Lipinski definition) is 7. The van der Waals surface area contributed by atoms with E-state index in [1.54, 1.807) is 36.1 Å². The van der Waals surface area contributed by atoms with Gasteiger partial charge in [0.15, 0.2) is 0 Å². The van der Waals surface area contributed by atoms with Gasteiger partial charge in [-0.25, -0.2) is 8.42 Å². The Balaban J connectivity index is 1.51. The Kier molecular flexibility index (Phi) is 7.48. The van der Waals surface area contributed by atoms with E-state index in [0.29, 0.717) is 44.7 Å². The predicted molar refractivity (Wildman–Crippen MR) is 116 cm³/mol. The van der Waals surface area contributed by atoms with E-state index in [0.717, 1.165) is 0 Å². The molecule has 10 heteroatoms. The average molecular weight is 469 g/mol. The molecule has 1 amide bonds. The minimum Gasteiger partial charge on any atom is -0.389 e. The number of nitrogens with zero attached hydrogens (tertiary/aromatic N) is 2. The Morgan fingerprint density at radius 1 is 1.12 bits per heavy atom. The summed E-state index contributed by atoms with van der Waals surface area (Å²) in [7, 11) is -3.84. The maximum atomic E-state index is 13.6. The third kappa shape index (κ3) is 5.16.